The van der Waals surface area contributed by atoms with Crippen molar-refractivity contribution in [3.63, 3.8) is 0 Å². The van der Waals surface area contributed by atoms with Crippen molar-refractivity contribution in [2.75, 3.05) is 0 Å². The van der Waals surface area contributed by atoms with Gasteiger partial charge in [-0.1, -0.05) is 6.07 Å². The minimum absolute atomic E-state index is 0.0950. The Hall–Kier alpha value is -1.61. The summed E-state index contributed by atoms with van der Waals surface area (Å²) in [4.78, 5) is 4.19. The molecule has 0 radical (unpaired) electrons. The Morgan fingerprint density at radius 1 is 1.29 bits per heavy atom. The summed E-state index contributed by atoms with van der Waals surface area (Å²) < 4.78 is 5.22. The summed E-state index contributed by atoms with van der Waals surface area (Å²) in [5.74, 6) is 0.892. The van der Waals surface area contributed by atoms with Crippen LogP contribution in [0.3, 0.4) is 0 Å². The Morgan fingerprint density at radius 3 is 2.86 bits per heavy atom. The average molecular weight is 188 g/mol. The van der Waals surface area contributed by atoms with E-state index in [1.165, 1.54) is 0 Å². The maximum Gasteiger partial charge on any atom is 0.105 e. The van der Waals surface area contributed by atoms with Crippen molar-refractivity contribution in [3.8, 4) is 0 Å². The highest BCUT2D eigenvalue weighted by atomic mass is 16.3. The SMILES string of the molecule is NC(Cc1ccco1)c1ccccn1. The van der Waals surface area contributed by atoms with Crippen LogP contribution in [0.2, 0.25) is 0 Å². The first kappa shape index (κ1) is 8.97. The molecule has 0 fully saturated rings. The predicted molar refractivity (Wildman–Crippen MR) is 53.6 cm³/mol. The summed E-state index contributed by atoms with van der Waals surface area (Å²) in [5, 5.41) is 0. The zero-order chi connectivity index (χ0) is 9.80. The summed E-state index contributed by atoms with van der Waals surface area (Å²) in [6.45, 7) is 0. The first-order valence-electron chi connectivity index (χ1n) is 4.55. The summed E-state index contributed by atoms with van der Waals surface area (Å²) in [5.41, 5.74) is 6.86. The molecule has 72 valence electrons. The molecule has 1 unspecified atom stereocenters. The fourth-order valence-corrected chi connectivity index (χ4v) is 1.35. The van der Waals surface area contributed by atoms with Crippen LogP contribution in [0.25, 0.3) is 0 Å². The standard InChI is InChI=1S/C11H12N2O/c12-10(8-9-4-3-7-14-9)11-5-1-2-6-13-11/h1-7,10H,8,12H2. The summed E-state index contributed by atoms with van der Waals surface area (Å²) >= 11 is 0. The van der Waals surface area contributed by atoms with Gasteiger partial charge in [-0.25, -0.2) is 0 Å². The molecule has 2 N–H and O–H groups in total. The molecule has 0 bridgehead atoms. The predicted octanol–water partition coefficient (Wildman–Crippen LogP) is 1.92. The van der Waals surface area contributed by atoms with Gasteiger partial charge in [0.1, 0.15) is 5.76 Å². The van der Waals surface area contributed by atoms with Crippen molar-refractivity contribution < 1.29 is 4.42 Å². The van der Waals surface area contributed by atoms with Crippen LogP contribution in [0.1, 0.15) is 17.5 Å². The van der Waals surface area contributed by atoms with Crippen LogP contribution in [0.4, 0.5) is 0 Å². The number of hydrogen-bond donors (Lipinski definition) is 1. The highest BCUT2D eigenvalue weighted by molar-refractivity contribution is 5.11. The molecule has 2 aromatic heterocycles. The van der Waals surface area contributed by atoms with Gasteiger partial charge < -0.3 is 10.2 Å². The molecule has 0 aromatic carbocycles. The first-order valence-corrected chi connectivity index (χ1v) is 4.55. The lowest BCUT2D eigenvalue weighted by Crippen LogP contribution is -2.14. The highest BCUT2D eigenvalue weighted by Gasteiger charge is 2.08. The lowest BCUT2D eigenvalue weighted by molar-refractivity contribution is 0.486. The fourth-order valence-electron chi connectivity index (χ4n) is 1.35. The Kier molecular flexibility index (Phi) is 2.60. The molecular weight excluding hydrogens is 176 g/mol. The molecule has 14 heavy (non-hydrogen) atoms. The highest BCUT2D eigenvalue weighted by Crippen LogP contribution is 2.13. The monoisotopic (exact) mass is 188 g/mol. The second-order valence-corrected chi connectivity index (χ2v) is 3.14. The Bertz CT molecular complexity index is 369. The molecular formula is C11H12N2O. The van der Waals surface area contributed by atoms with E-state index in [1.807, 2.05) is 30.3 Å². The Balaban J connectivity index is 2.07. The average Bonchev–Trinajstić information content (AvgIpc) is 2.72. The summed E-state index contributed by atoms with van der Waals surface area (Å²) in [6.07, 6.45) is 4.09. The molecule has 0 aliphatic heterocycles. The molecule has 0 saturated carbocycles. The van der Waals surface area contributed by atoms with Crippen LogP contribution in [-0.2, 0) is 6.42 Å². The van der Waals surface area contributed by atoms with Gasteiger partial charge in [-0.05, 0) is 24.3 Å². The topological polar surface area (TPSA) is 52.0 Å². The van der Waals surface area contributed by atoms with E-state index in [9.17, 15) is 0 Å². The zero-order valence-corrected chi connectivity index (χ0v) is 7.76. The molecule has 0 aliphatic rings. The lowest BCUT2D eigenvalue weighted by atomic mass is 10.1. The number of hydrogen-bond acceptors (Lipinski definition) is 3. The molecule has 0 spiro atoms. The Morgan fingerprint density at radius 2 is 2.21 bits per heavy atom. The molecule has 2 rings (SSSR count). The lowest BCUT2D eigenvalue weighted by Gasteiger charge is -2.08. The van der Waals surface area contributed by atoms with Gasteiger partial charge in [0.2, 0.25) is 0 Å². The Labute approximate surface area is 82.6 Å². The third kappa shape index (κ3) is 2.00. The van der Waals surface area contributed by atoms with E-state index in [1.54, 1.807) is 12.5 Å². The van der Waals surface area contributed by atoms with Crippen molar-refractivity contribution in [1.82, 2.24) is 4.98 Å². The molecule has 3 heteroatoms. The van der Waals surface area contributed by atoms with Crippen LogP contribution >= 0.6 is 0 Å². The molecule has 0 aliphatic carbocycles. The molecule has 0 saturated heterocycles. The number of furan rings is 1. The number of nitrogens with zero attached hydrogens (tertiary/aromatic N) is 1. The molecule has 3 nitrogen and oxygen atoms in total. The van der Waals surface area contributed by atoms with E-state index in [4.69, 9.17) is 10.2 Å². The van der Waals surface area contributed by atoms with Crippen molar-refractivity contribution >= 4 is 0 Å². The number of pyridine rings is 1. The quantitative estimate of drug-likeness (QED) is 0.800. The van der Waals surface area contributed by atoms with E-state index < -0.39 is 0 Å². The van der Waals surface area contributed by atoms with Gasteiger partial charge >= 0.3 is 0 Å². The maximum atomic E-state index is 5.96. The van der Waals surface area contributed by atoms with Crippen LogP contribution in [-0.4, -0.2) is 4.98 Å². The van der Waals surface area contributed by atoms with E-state index in [0.29, 0.717) is 6.42 Å². The van der Waals surface area contributed by atoms with E-state index >= 15 is 0 Å². The third-order valence-corrected chi connectivity index (χ3v) is 2.07. The maximum absolute atomic E-state index is 5.96. The zero-order valence-electron chi connectivity index (χ0n) is 7.76. The minimum atomic E-state index is -0.0950. The van der Waals surface area contributed by atoms with Gasteiger partial charge in [0.25, 0.3) is 0 Å². The smallest absolute Gasteiger partial charge is 0.105 e. The normalized spacial score (nSPS) is 12.6. The van der Waals surface area contributed by atoms with Gasteiger partial charge in [0, 0.05) is 12.6 Å². The first-order chi connectivity index (χ1) is 6.86. The van der Waals surface area contributed by atoms with Crippen LogP contribution < -0.4 is 5.73 Å². The number of aromatic nitrogens is 1. The van der Waals surface area contributed by atoms with Crippen LogP contribution in [0.15, 0.2) is 47.2 Å². The van der Waals surface area contributed by atoms with Crippen molar-refractivity contribution in [3.05, 3.63) is 54.2 Å². The van der Waals surface area contributed by atoms with Gasteiger partial charge in [-0.15, -0.1) is 0 Å². The molecule has 2 aromatic rings. The van der Waals surface area contributed by atoms with Crippen LogP contribution in [0.5, 0.6) is 0 Å². The van der Waals surface area contributed by atoms with Gasteiger partial charge in [-0.3, -0.25) is 4.98 Å². The van der Waals surface area contributed by atoms with Gasteiger partial charge in [0.05, 0.1) is 18.0 Å². The fraction of sp³-hybridized carbons (Fsp3) is 0.182. The van der Waals surface area contributed by atoms with Gasteiger partial charge in [0.15, 0.2) is 0 Å². The third-order valence-electron chi connectivity index (χ3n) is 2.07. The van der Waals surface area contributed by atoms with E-state index in [2.05, 4.69) is 4.98 Å². The number of rotatable bonds is 3. The minimum Gasteiger partial charge on any atom is -0.469 e. The summed E-state index contributed by atoms with van der Waals surface area (Å²) in [7, 11) is 0. The van der Waals surface area contributed by atoms with Crippen molar-refractivity contribution in [2.24, 2.45) is 5.73 Å². The summed E-state index contributed by atoms with van der Waals surface area (Å²) in [6, 6.07) is 9.42. The molecule has 1 atom stereocenters. The van der Waals surface area contributed by atoms with Crippen molar-refractivity contribution in [1.29, 1.82) is 0 Å². The second-order valence-electron chi connectivity index (χ2n) is 3.14. The number of nitrogens with two attached hydrogens (primary N) is 1. The second kappa shape index (κ2) is 4.07. The molecule has 2 heterocycles. The van der Waals surface area contributed by atoms with E-state index in [-0.39, 0.29) is 6.04 Å². The van der Waals surface area contributed by atoms with Crippen LogP contribution in [0, 0.1) is 0 Å². The van der Waals surface area contributed by atoms with E-state index in [0.717, 1.165) is 11.5 Å². The largest absolute Gasteiger partial charge is 0.469 e. The van der Waals surface area contributed by atoms with Crippen molar-refractivity contribution in [2.45, 2.75) is 12.5 Å². The van der Waals surface area contributed by atoms with Gasteiger partial charge in [-0.2, -0.15) is 0 Å². The molecule has 0 amide bonds.